The molecule has 26 heavy (non-hydrogen) atoms. The standard InChI is InChI=1S/C17H15N5O3S/c1-23-12-8-11(9-13(24-2)14(12)25-3)16-21-22-15(19-20-17(22)26-16)10-4-6-18-7-5-10/h4-9H,1-3H3. The molecule has 9 heteroatoms. The van der Waals surface area contributed by atoms with Crippen molar-refractivity contribution in [2.24, 2.45) is 0 Å². The van der Waals surface area contributed by atoms with Crippen LogP contribution in [0.2, 0.25) is 0 Å². The van der Waals surface area contributed by atoms with Crippen LogP contribution in [0.1, 0.15) is 0 Å². The Bertz CT molecular complexity index is 1040. The van der Waals surface area contributed by atoms with Gasteiger partial charge in [-0.25, -0.2) is 0 Å². The van der Waals surface area contributed by atoms with Gasteiger partial charge in [-0.1, -0.05) is 11.3 Å². The van der Waals surface area contributed by atoms with Crippen molar-refractivity contribution in [3.8, 4) is 39.2 Å². The molecule has 1 aromatic carbocycles. The zero-order valence-electron chi connectivity index (χ0n) is 14.3. The molecule has 0 fully saturated rings. The fraction of sp³-hybridized carbons (Fsp3) is 0.176. The highest BCUT2D eigenvalue weighted by molar-refractivity contribution is 7.19. The van der Waals surface area contributed by atoms with Crippen molar-refractivity contribution in [3.05, 3.63) is 36.7 Å². The van der Waals surface area contributed by atoms with Gasteiger partial charge < -0.3 is 14.2 Å². The first-order valence-corrected chi connectivity index (χ1v) is 8.50. The third-order valence-electron chi connectivity index (χ3n) is 3.84. The SMILES string of the molecule is COc1cc(-c2nn3c(-c4ccncc4)nnc3s2)cc(OC)c1OC. The van der Waals surface area contributed by atoms with Gasteiger partial charge in [0.15, 0.2) is 17.3 Å². The minimum absolute atomic E-state index is 0.541. The molecule has 4 rings (SSSR count). The predicted octanol–water partition coefficient (Wildman–Crippen LogP) is 2.94. The monoisotopic (exact) mass is 369 g/mol. The van der Waals surface area contributed by atoms with Crippen LogP contribution in [0.3, 0.4) is 0 Å². The van der Waals surface area contributed by atoms with Gasteiger partial charge in [0.25, 0.3) is 0 Å². The Balaban J connectivity index is 1.84. The van der Waals surface area contributed by atoms with Gasteiger partial charge in [0.1, 0.15) is 5.01 Å². The Labute approximate surface area is 153 Å². The fourth-order valence-electron chi connectivity index (χ4n) is 2.62. The molecule has 0 unspecified atom stereocenters. The van der Waals surface area contributed by atoms with Crippen LogP contribution in [-0.4, -0.2) is 46.1 Å². The molecule has 0 saturated carbocycles. The molecule has 3 aromatic heterocycles. The number of aromatic nitrogens is 5. The number of rotatable bonds is 5. The minimum atomic E-state index is 0.541. The molecule has 0 saturated heterocycles. The van der Waals surface area contributed by atoms with Crippen LogP contribution in [0.5, 0.6) is 17.2 Å². The Kier molecular flexibility index (Phi) is 4.13. The molecule has 0 N–H and O–H groups in total. The average Bonchev–Trinajstić information content (AvgIpc) is 3.28. The van der Waals surface area contributed by atoms with Crippen LogP contribution >= 0.6 is 11.3 Å². The Morgan fingerprint density at radius 1 is 0.885 bits per heavy atom. The van der Waals surface area contributed by atoms with Gasteiger partial charge in [0.2, 0.25) is 10.7 Å². The lowest BCUT2D eigenvalue weighted by Crippen LogP contribution is -1.96. The van der Waals surface area contributed by atoms with Crippen LogP contribution in [0, 0.1) is 0 Å². The summed E-state index contributed by atoms with van der Waals surface area (Å²) in [7, 11) is 4.74. The predicted molar refractivity (Wildman–Crippen MR) is 97.0 cm³/mol. The Hall–Kier alpha value is -3.20. The largest absolute Gasteiger partial charge is 0.493 e. The van der Waals surface area contributed by atoms with Crippen LogP contribution in [0.4, 0.5) is 0 Å². The molecule has 0 atom stereocenters. The van der Waals surface area contributed by atoms with Gasteiger partial charge >= 0.3 is 0 Å². The lowest BCUT2D eigenvalue weighted by molar-refractivity contribution is 0.324. The zero-order valence-corrected chi connectivity index (χ0v) is 15.1. The highest BCUT2D eigenvalue weighted by atomic mass is 32.1. The van der Waals surface area contributed by atoms with E-state index in [-0.39, 0.29) is 0 Å². The number of ether oxygens (including phenoxy) is 3. The zero-order chi connectivity index (χ0) is 18.1. The summed E-state index contributed by atoms with van der Waals surface area (Å²) in [5.41, 5.74) is 1.74. The molecule has 0 aliphatic rings. The molecule has 8 nitrogen and oxygen atoms in total. The van der Waals surface area contributed by atoms with E-state index in [0.29, 0.717) is 28.0 Å². The average molecular weight is 369 g/mol. The second-order valence-corrected chi connectivity index (χ2v) is 6.23. The van der Waals surface area contributed by atoms with Crippen molar-refractivity contribution in [1.29, 1.82) is 0 Å². The van der Waals surface area contributed by atoms with E-state index in [1.165, 1.54) is 11.3 Å². The van der Waals surface area contributed by atoms with Crippen molar-refractivity contribution in [2.75, 3.05) is 21.3 Å². The van der Waals surface area contributed by atoms with Crippen LogP contribution in [0.25, 0.3) is 26.9 Å². The quantitative estimate of drug-likeness (QED) is 0.535. The maximum absolute atomic E-state index is 5.42. The molecule has 0 spiro atoms. The topological polar surface area (TPSA) is 83.7 Å². The maximum Gasteiger partial charge on any atom is 0.235 e. The van der Waals surface area contributed by atoms with Gasteiger partial charge in [-0.15, -0.1) is 10.2 Å². The van der Waals surface area contributed by atoms with Crippen molar-refractivity contribution in [1.82, 2.24) is 24.8 Å². The van der Waals surface area contributed by atoms with E-state index >= 15 is 0 Å². The smallest absolute Gasteiger partial charge is 0.235 e. The summed E-state index contributed by atoms with van der Waals surface area (Å²) < 4.78 is 17.9. The molecule has 0 aliphatic carbocycles. The number of hydrogen-bond acceptors (Lipinski definition) is 8. The Morgan fingerprint density at radius 3 is 2.19 bits per heavy atom. The summed E-state index contributed by atoms with van der Waals surface area (Å²) in [5, 5.41) is 13.9. The van der Waals surface area contributed by atoms with Gasteiger partial charge in [-0.05, 0) is 24.3 Å². The lowest BCUT2D eigenvalue weighted by atomic mass is 10.2. The summed E-state index contributed by atoms with van der Waals surface area (Å²) >= 11 is 1.43. The molecule has 0 bridgehead atoms. The summed E-state index contributed by atoms with van der Waals surface area (Å²) in [6.07, 6.45) is 3.42. The summed E-state index contributed by atoms with van der Waals surface area (Å²) in [6, 6.07) is 7.46. The number of benzene rings is 1. The van der Waals surface area contributed by atoms with Crippen LogP contribution in [0.15, 0.2) is 36.7 Å². The van der Waals surface area contributed by atoms with E-state index < -0.39 is 0 Å². The molecule has 4 aromatic rings. The lowest BCUT2D eigenvalue weighted by Gasteiger charge is -2.13. The van der Waals surface area contributed by atoms with Crippen molar-refractivity contribution in [2.45, 2.75) is 0 Å². The highest BCUT2D eigenvalue weighted by Crippen LogP contribution is 2.42. The van der Waals surface area contributed by atoms with Crippen molar-refractivity contribution >= 4 is 16.3 Å². The maximum atomic E-state index is 5.42. The van der Waals surface area contributed by atoms with Gasteiger partial charge in [-0.3, -0.25) is 4.98 Å². The van der Waals surface area contributed by atoms with E-state index in [1.54, 1.807) is 38.2 Å². The molecule has 3 heterocycles. The van der Waals surface area contributed by atoms with Crippen LogP contribution in [-0.2, 0) is 0 Å². The molecule has 0 aliphatic heterocycles. The third kappa shape index (κ3) is 2.62. The number of hydrogen-bond donors (Lipinski definition) is 0. The summed E-state index contributed by atoms with van der Waals surface area (Å²) in [4.78, 5) is 4.72. The third-order valence-corrected chi connectivity index (χ3v) is 4.79. The highest BCUT2D eigenvalue weighted by Gasteiger charge is 2.18. The van der Waals surface area contributed by atoms with Crippen LogP contribution < -0.4 is 14.2 Å². The number of pyridine rings is 1. The van der Waals surface area contributed by atoms with Crippen molar-refractivity contribution < 1.29 is 14.2 Å². The second kappa shape index (κ2) is 6.60. The first-order valence-electron chi connectivity index (χ1n) is 7.68. The van der Waals surface area contributed by atoms with Gasteiger partial charge in [0, 0.05) is 23.5 Å². The van der Waals surface area contributed by atoms with E-state index in [9.17, 15) is 0 Å². The molecular weight excluding hydrogens is 354 g/mol. The van der Waals surface area contributed by atoms with Gasteiger partial charge in [0.05, 0.1) is 21.3 Å². The van der Waals surface area contributed by atoms with Gasteiger partial charge in [-0.2, -0.15) is 9.61 Å². The molecule has 0 radical (unpaired) electrons. The summed E-state index contributed by atoms with van der Waals surface area (Å²) in [6.45, 7) is 0. The van der Waals surface area contributed by atoms with E-state index in [0.717, 1.165) is 16.1 Å². The van der Waals surface area contributed by atoms with E-state index in [4.69, 9.17) is 14.2 Å². The first kappa shape index (κ1) is 16.3. The number of fused-ring (bicyclic) bond motifs is 1. The first-order chi connectivity index (χ1) is 12.7. The number of methoxy groups -OCH3 is 3. The molecule has 132 valence electrons. The molecule has 0 amide bonds. The Morgan fingerprint density at radius 2 is 1.58 bits per heavy atom. The normalized spacial score (nSPS) is 10.9. The number of nitrogens with zero attached hydrogens (tertiary/aromatic N) is 5. The van der Waals surface area contributed by atoms with E-state index in [1.807, 2.05) is 24.3 Å². The van der Waals surface area contributed by atoms with Crippen molar-refractivity contribution in [3.63, 3.8) is 0 Å². The van der Waals surface area contributed by atoms with E-state index in [2.05, 4.69) is 20.3 Å². The minimum Gasteiger partial charge on any atom is -0.493 e. The second-order valence-electron chi connectivity index (χ2n) is 5.28. The summed E-state index contributed by atoms with van der Waals surface area (Å²) in [5.74, 6) is 2.35. The molecular formula is C17H15N5O3S. The fourth-order valence-corrected chi connectivity index (χ4v) is 3.45.